The average Bonchev–Trinajstić information content (AvgIpc) is 3.11. The van der Waals surface area contributed by atoms with Gasteiger partial charge in [0, 0.05) is 44.4 Å². The Kier molecular flexibility index (Phi) is 8.28. The molecule has 0 bridgehead atoms. The third-order valence-electron chi connectivity index (χ3n) is 5.67. The molecule has 2 N–H and O–H groups in total. The number of methoxy groups -OCH3 is 1. The predicted octanol–water partition coefficient (Wildman–Crippen LogP) is 3.45. The highest BCUT2D eigenvalue weighted by atomic mass is 35.5. The smallest absolute Gasteiger partial charge is 0.237 e. The Labute approximate surface area is 184 Å². The second-order valence-corrected chi connectivity index (χ2v) is 8.54. The summed E-state index contributed by atoms with van der Waals surface area (Å²) in [7, 11) is 1.64. The van der Waals surface area contributed by atoms with Crippen LogP contribution in [0.3, 0.4) is 0 Å². The van der Waals surface area contributed by atoms with Crippen LogP contribution in [0.5, 0.6) is 0 Å². The van der Waals surface area contributed by atoms with Crippen molar-refractivity contribution in [3.05, 3.63) is 69.7 Å². The van der Waals surface area contributed by atoms with Gasteiger partial charge in [0.25, 0.3) is 0 Å². The Hall–Kier alpha value is -1.92. The van der Waals surface area contributed by atoms with Gasteiger partial charge < -0.3 is 15.4 Å². The molecule has 5 nitrogen and oxygen atoms in total. The number of amides is 1. The Morgan fingerprint density at radius 1 is 1.23 bits per heavy atom. The molecule has 30 heavy (non-hydrogen) atoms. The summed E-state index contributed by atoms with van der Waals surface area (Å²) >= 11 is 6.16. The zero-order valence-corrected chi connectivity index (χ0v) is 18.8. The average molecular weight is 430 g/mol. The van der Waals surface area contributed by atoms with Crippen LogP contribution in [0, 0.1) is 13.8 Å². The number of benzene rings is 2. The highest BCUT2D eigenvalue weighted by molar-refractivity contribution is 6.30. The number of aryl methyl sites for hydroxylation is 2. The van der Waals surface area contributed by atoms with E-state index in [0.29, 0.717) is 19.7 Å². The topological polar surface area (TPSA) is 53.6 Å². The van der Waals surface area contributed by atoms with E-state index < -0.39 is 0 Å². The van der Waals surface area contributed by atoms with Gasteiger partial charge in [-0.25, -0.2) is 0 Å². The largest absolute Gasteiger partial charge is 0.383 e. The van der Waals surface area contributed by atoms with Crippen molar-refractivity contribution in [2.45, 2.75) is 45.4 Å². The Morgan fingerprint density at radius 3 is 2.83 bits per heavy atom. The van der Waals surface area contributed by atoms with E-state index in [4.69, 9.17) is 16.3 Å². The number of nitrogens with one attached hydrogen (secondary N) is 2. The summed E-state index contributed by atoms with van der Waals surface area (Å²) in [6.07, 6.45) is 0.782. The Balaban J connectivity index is 1.67. The molecule has 2 atom stereocenters. The van der Waals surface area contributed by atoms with Gasteiger partial charge >= 0.3 is 0 Å². The first-order chi connectivity index (χ1) is 14.5. The molecule has 0 aromatic heterocycles. The van der Waals surface area contributed by atoms with Crippen LogP contribution in [0.2, 0.25) is 5.02 Å². The van der Waals surface area contributed by atoms with Crippen molar-refractivity contribution in [1.82, 2.24) is 15.5 Å². The van der Waals surface area contributed by atoms with Crippen molar-refractivity contribution in [2.24, 2.45) is 0 Å². The van der Waals surface area contributed by atoms with E-state index in [1.807, 2.05) is 18.2 Å². The van der Waals surface area contributed by atoms with Gasteiger partial charge in [-0.2, -0.15) is 0 Å². The summed E-state index contributed by atoms with van der Waals surface area (Å²) in [5.41, 5.74) is 4.98. The summed E-state index contributed by atoms with van der Waals surface area (Å²) in [4.78, 5) is 15.1. The van der Waals surface area contributed by atoms with Gasteiger partial charge in [-0.3, -0.25) is 9.69 Å². The maximum absolute atomic E-state index is 12.8. The number of rotatable bonds is 9. The first kappa shape index (κ1) is 22.8. The van der Waals surface area contributed by atoms with Gasteiger partial charge in [-0.15, -0.1) is 0 Å². The number of hydrogen-bond acceptors (Lipinski definition) is 4. The maximum Gasteiger partial charge on any atom is 0.237 e. The van der Waals surface area contributed by atoms with Crippen LogP contribution in [0.15, 0.2) is 42.5 Å². The standard InChI is InChI=1S/C24H32ClN3O2/c1-17-7-8-18(2)20(11-17)14-27-22-13-23(24(29)26-9-10-30-3)28(16-22)15-19-5-4-6-21(25)12-19/h4-8,11-12,22-23,27H,9-10,13-16H2,1-3H3,(H,26,29)/t22-,23-/m0/s1. The van der Waals surface area contributed by atoms with Crippen LogP contribution in [-0.2, 0) is 22.6 Å². The minimum Gasteiger partial charge on any atom is -0.383 e. The van der Waals surface area contributed by atoms with Gasteiger partial charge in [0.05, 0.1) is 12.6 Å². The van der Waals surface area contributed by atoms with E-state index in [-0.39, 0.29) is 18.0 Å². The second kappa shape index (κ2) is 10.9. The van der Waals surface area contributed by atoms with Crippen molar-refractivity contribution in [3.8, 4) is 0 Å². The lowest BCUT2D eigenvalue weighted by Crippen LogP contribution is -2.43. The number of carbonyl (C=O) groups is 1. The van der Waals surface area contributed by atoms with E-state index >= 15 is 0 Å². The molecule has 0 aliphatic carbocycles. The summed E-state index contributed by atoms with van der Waals surface area (Å²) in [5, 5.41) is 7.40. The van der Waals surface area contributed by atoms with Crippen molar-refractivity contribution in [1.29, 1.82) is 0 Å². The van der Waals surface area contributed by atoms with Gasteiger partial charge in [-0.05, 0) is 49.1 Å². The first-order valence-corrected chi connectivity index (χ1v) is 10.9. The van der Waals surface area contributed by atoms with Gasteiger partial charge in [0.1, 0.15) is 0 Å². The number of hydrogen-bond donors (Lipinski definition) is 2. The Bertz CT molecular complexity index is 858. The third-order valence-corrected chi connectivity index (χ3v) is 5.91. The van der Waals surface area contributed by atoms with Crippen molar-refractivity contribution in [2.75, 3.05) is 26.8 Å². The molecule has 6 heteroatoms. The Morgan fingerprint density at radius 2 is 2.07 bits per heavy atom. The molecule has 0 unspecified atom stereocenters. The van der Waals surface area contributed by atoms with E-state index in [1.165, 1.54) is 16.7 Å². The van der Waals surface area contributed by atoms with Crippen LogP contribution in [0.4, 0.5) is 0 Å². The number of carbonyl (C=O) groups excluding carboxylic acids is 1. The highest BCUT2D eigenvalue weighted by Crippen LogP contribution is 2.23. The van der Waals surface area contributed by atoms with Crippen LogP contribution < -0.4 is 10.6 Å². The molecule has 162 valence electrons. The van der Waals surface area contributed by atoms with Gasteiger partial charge in [-0.1, -0.05) is 47.5 Å². The highest BCUT2D eigenvalue weighted by Gasteiger charge is 2.36. The molecule has 1 aliphatic heterocycles. The molecular weight excluding hydrogens is 398 g/mol. The third kappa shape index (κ3) is 6.29. The van der Waals surface area contributed by atoms with Crippen molar-refractivity contribution in [3.63, 3.8) is 0 Å². The van der Waals surface area contributed by atoms with Crippen molar-refractivity contribution >= 4 is 17.5 Å². The van der Waals surface area contributed by atoms with E-state index in [2.05, 4.69) is 53.6 Å². The fourth-order valence-electron chi connectivity index (χ4n) is 4.01. The van der Waals surface area contributed by atoms with Gasteiger partial charge in [0.2, 0.25) is 5.91 Å². The summed E-state index contributed by atoms with van der Waals surface area (Å²) in [6, 6.07) is 14.5. The molecule has 2 aromatic carbocycles. The molecule has 0 radical (unpaired) electrons. The summed E-state index contributed by atoms with van der Waals surface area (Å²) in [6.45, 7) is 7.62. The predicted molar refractivity (Wildman–Crippen MR) is 122 cm³/mol. The zero-order valence-electron chi connectivity index (χ0n) is 18.1. The molecule has 2 aromatic rings. The summed E-state index contributed by atoms with van der Waals surface area (Å²) < 4.78 is 5.06. The second-order valence-electron chi connectivity index (χ2n) is 8.10. The molecule has 1 aliphatic rings. The minimum atomic E-state index is -0.169. The SMILES string of the molecule is COCCNC(=O)[C@@H]1C[C@H](NCc2cc(C)ccc2C)CN1Cc1cccc(Cl)c1. The molecule has 1 saturated heterocycles. The monoisotopic (exact) mass is 429 g/mol. The number of ether oxygens (including phenoxy) is 1. The van der Waals surface area contributed by atoms with E-state index in [9.17, 15) is 4.79 Å². The lowest BCUT2D eigenvalue weighted by atomic mass is 10.0. The van der Waals surface area contributed by atoms with Gasteiger partial charge in [0.15, 0.2) is 0 Å². The first-order valence-electron chi connectivity index (χ1n) is 10.5. The molecular formula is C24H32ClN3O2. The normalized spacial score (nSPS) is 19.2. The van der Waals surface area contributed by atoms with Crippen LogP contribution in [0.1, 0.15) is 28.7 Å². The number of nitrogens with zero attached hydrogens (tertiary/aromatic N) is 1. The molecule has 3 rings (SSSR count). The fourth-order valence-corrected chi connectivity index (χ4v) is 4.22. The van der Waals surface area contributed by atoms with E-state index in [1.54, 1.807) is 7.11 Å². The quantitative estimate of drug-likeness (QED) is 0.599. The van der Waals surface area contributed by atoms with Crippen LogP contribution >= 0.6 is 11.6 Å². The molecule has 1 fully saturated rings. The fraction of sp³-hybridized carbons (Fsp3) is 0.458. The zero-order chi connectivity index (χ0) is 21.5. The number of halogens is 1. The molecule has 0 saturated carbocycles. The maximum atomic E-state index is 12.8. The summed E-state index contributed by atoms with van der Waals surface area (Å²) in [5.74, 6) is 0.0603. The van der Waals surface area contributed by atoms with Crippen molar-refractivity contribution < 1.29 is 9.53 Å². The minimum absolute atomic E-state index is 0.0603. The molecule has 1 amide bonds. The van der Waals surface area contributed by atoms with E-state index in [0.717, 1.165) is 30.1 Å². The molecule has 1 heterocycles. The van der Waals surface area contributed by atoms with Crippen LogP contribution in [-0.4, -0.2) is 49.7 Å². The molecule has 0 spiro atoms. The lowest BCUT2D eigenvalue weighted by Gasteiger charge is -2.23. The lowest BCUT2D eigenvalue weighted by molar-refractivity contribution is -0.125. The number of likely N-dealkylation sites (tertiary alicyclic amines) is 1. The van der Waals surface area contributed by atoms with Crippen LogP contribution in [0.25, 0.3) is 0 Å².